The maximum atomic E-state index is 11.7. The quantitative estimate of drug-likeness (QED) is 0.573. The molecule has 1 aromatic carbocycles. The highest BCUT2D eigenvalue weighted by Crippen LogP contribution is 2.18. The first kappa shape index (κ1) is 15.3. The summed E-state index contributed by atoms with van der Waals surface area (Å²) in [6.45, 7) is 1.73. The molecule has 0 unspecified atom stereocenters. The first-order valence-corrected chi connectivity index (χ1v) is 6.67. The van der Waals surface area contributed by atoms with Crippen LogP contribution in [0.2, 0.25) is 0 Å². The van der Waals surface area contributed by atoms with Crippen molar-refractivity contribution in [3.63, 3.8) is 0 Å². The fourth-order valence-electron chi connectivity index (χ4n) is 1.94. The van der Waals surface area contributed by atoms with E-state index in [4.69, 9.17) is 14.9 Å². The van der Waals surface area contributed by atoms with Crippen LogP contribution in [-0.4, -0.2) is 49.6 Å². The lowest BCUT2D eigenvalue weighted by Gasteiger charge is -2.13. The van der Waals surface area contributed by atoms with Crippen LogP contribution < -0.4 is 11.1 Å². The van der Waals surface area contributed by atoms with Gasteiger partial charge in [0, 0.05) is 19.3 Å². The number of nitrogens with one attached hydrogen (secondary N) is 1. The third-order valence-electron chi connectivity index (χ3n) is 2.90. The molecule has 114 valence electrons. The predicted octanol–water partition coefficient (Wildman–Crippen LogP) is 0.604. The Kier molecular flexibility index (Phi) is 5.13. The van der Waals surface area contributed by atoms with E-state index in [2.05, 4.69) is 10.3 Å². The van der Waals surface area contributed by atoms with E-state index in [9.17, 15) is 4.79 Å². The summed E-state index contributed by atoms with van der Waals surface area (Å²) in [5.74, 6) is 0.498. The zero-order valence-corrected chi connectivity index (χ0v) is 12.3. The highest BCUT2D eigenvalue weighted by molar-refractivity contribution is 5.78. The van der Waals surface area contributed by atoms with Crippen molar-refractivity contribution < 1.29 is 13.9 Å². The number of hydrogen-bond acceptors (Lipinski definition) is 6. The largest absolute Gasteiger partial charge is 0.439 e. The molecule has 0 aliphatic rings. The number of nitrogen functional groups attached to an aromatic ring is 1. The van der Waals surface area contributed by atoms with Gasteiger partial charge in [0.25, 0.3) is 0 Å². The average Bonchev–Trinajstić information content (AvgIpc) is 2.79. The van der Waals surface area contributed by atoms with Crippen LogP contribution in [0.1, 0.15) is 5.89 Å². The van der Waals surface area contributed by atoms with Crippen LogP contribution in [0.4, 0.5) is 5.69 Å². The van der Waals surface area contributed by atoms with Crippen LogP contribution in [0.3, 0.4) is 0 Å². The third-order valence-corrected chi connectivity index (χ3v) is 2.90. The number of methoxy groups -OCH3 is 1. The number of benzene rings is 1. The number of carbonyl (C=O) groups is 1. The van der Waals surface area contributed by atoms with Crippen molar-refractivity contribution in [2.24, 2.45) is 0 Å². The van der Waals surface area contributed by atoms with Crippen molar-refractivity contribution in [2.75, 3.05) is 39.6 Å². The second-order valence-corrected chi connectivity index (χ2v) is 4.85. The van der Waals surface area contributed by atoms with Crippen molar-refractivity contribution >= 4 is 22.7 Å². The summed E-state index contributed by atoms with van der Waals surface area (Å²) >= 11 is 0. The molecule has 0 fully saturated rings. The maximum Gasteiger partial charge on any atom is 0.234 e. The van der Waals surface area contributed by atoms with Gasteiger partial charge in [0.1, 0.15) is 5.52 Å². The second-order valence-electron chi connectivity index (χ2n) is 4.85. The Balaban J connectivity index is 1.88. The van der Waals surface area contributed by atoms with E-state index in [1.807, 2.05) is 11.9 Å². The summed E-state index contributed by atoms with van der Waals surface area (Å²) in [6.07, 6.45) is 0. The van der Waals surface area contributed by atoms with Gasteiger partial charge in [-0.2, -0.15) is 0 Å². The maximum absolute atomic E-state index is 11.7. The van der Waals surface area contributed by atoms with Crippen molar-refractivity contribution in [3.05, 3.63) is 24.1 Å². The normalized spacial score (nSPS) is 11.2. The molecule has 3 N–H and O–H groups in total. The number of rotatable bonds is 7. The van der Waals surface area contributed by atoms with Crippen molar-refractivity contribution in [1.82, 2.24) is 15.2 Å². The van der Waals surface area contributed by atoms with Gasteiger partial charge in [0.2, 0.25) is 11.8 Å². The number of aromatic nitrogens is 1. The molecule has 1 heterocycles. The van der Waals surface area contributed by atoms with Gasteiger partial charge in [-0.05, 0) is 25.2 Å². The summed E-state index contributed by atoms with van der Waals surface area (Å²) in [7, 11) is 3.43. The summed E-state index contributed by atoms with van der Waals surface area (Å²) in [6, 6.07) is 5.32. The van der Waals surface area contributed by atoms with Gasteiger partial charge in [0.05, 0.1) is 19.7 Å². The lowest BCUT2D eigenvalue weighted by atomic mass is 10.3. The number of nitrogens with two attached hydrogens (primary N) is 1. The van der Waals surface area contributed by atoms with Crippen LogP contribution >= 0.6 is 0 Å². The average molecular weight is 292 g/mol. The topological polar surface area (TPSA) is 93.6 Å². The molecule has 0 saturated heterocycles. The summed E-state index contributed by atoms with van der Waals surface area (Å²) in [4.78, 5) is 17.8. The molecule has 1 amide bonds. The van der Waals surface area contributed by atoms with E-state index in [0.717, 1.165) is 5.52 Å². The summed E-state index contributed by atoms with van der Waals surface area (Å²) in [5.41, 5.74) is 7.77. The molecular weight excluding hydrogens is 272 g/mol. The predicted molar refractivity (Wildman–Crippen MR) is 79.6 cm³/mol. The van der Waals surface area contributed by atoms with E-state index >= 15 is 0 Å². The summed E-state index contributed by atoms with van der Waals surface area (Å²) < 4.78 is 10.5. The Bertz CT molecular complexity index is 611. The van der Waals surface area contributed by atoms with Crippen molar-refractivity contribution in [2.45, 2.75) is 6.54 Å². The molecule has 2 rings (SSSR count). The minimum atomic E-state index is -0.0603. The number of oxazole rings is 1. The van der Waals surface area contributed by atoms with Gasteiger partial charge in [-0.1, -0.05) is 0 Å². The number of carbonyl (C=O) groups excluding carboxylic acids is 1. The number of amides is 1. The molecule has 0 aliphatic heterocycles. The van der Waals surface area contributed by atoms with E-state index in [1.165, 1.54) is 0 Å². The van der Waals surface area contributed by atoms with Crippen molar-refractivity contribution in [1.29, 1.82) is 0 Å². The van der Waals surface area contributed by atoms with Gasteiger partial charge in [-0.3, -0.25) is 9.69 Å². The lowest BCUT2D eigenvalue weighted by molar-refractivity contribution is -0.122. The fraction of sp³-hybridized carbons (Fsp3) is 0.429. The number of ether oxygens (including phenoxy) is 1. The number of hydrogen-bond donors (Lipinski definition) is 2. The molecule has 0 spiro atoms. The lowest BCUT2D eigenvalue weighted by Crippen LogP contribution is -2.36. The van der Waals surface area contributed by atoms with Gasteiger partial charge in [0.15, 0.2) is 5.58 Å². The number of nitrogens with zero attached hydrogens (tertiary/aromatic N) is 2. The molecule has 1 aromatic heterocycles. The number of fused-ring (bicyclic) bond motifs is 1. The monoisotopic (exact) mass is 292 g/mol. The Morgan fingerprint density at radius 2 is 2.33 bits per heavy atom. The van der Waals surface area contributed by atoms with Crippen LogP contribution in [0, 0.1) is 0 Å². The number of anilines is 1. The van der Waals surface area contributed by atoms with E-state index < -0.39 is 0 Å². The molecular formula is C14H20N4O3. The Morgan fingerprint density at radius 3 is 3.10 bits per heavy atom. The highest BCUT2D eigenvalue weighted by Gasteiger charge is 2.11. The van der Waals surface area contributed by atoms with Crippen LogP contribution in [-0.2, 0) is 16.1 Å². The van der Waals surface area contributed by atoms with Crippen molar-refractivity contribution in [3.8, 4) is 0 Å². The van der Waals surface area contributed by atoms with E-state index in [0.29, 0.717) is 36.9 Å². The van der Waals surface area contributed by atoms with E-state index in [1.54, 1.807) is 25.3 Å². The zero-order chi connectivity index (χ0) is 15.2. The zero-order valence-electron chi connectivity index (χ0n) is 12.3. The Morgan fingerprint density at radius 1 is 1.52 bits per heavy atom. The van der Waals surface area contributed by atoms with E-state index in [-0.39, 0.29) is 12.5 Å². The standard InChI is InChI=1S/C14H20N4O3/c1-18(8-13(19)16-5-6-20-2)9-14-17-11-7-10(15)3-4-12(11)21-14/h3-4,7H,5-6,8-9,15H2,1-2H3,(H,16,19). The molecule has 2 aromatic rings. The summed E-state index contributed by atoms with van der Waals surface area (Å²) in [5, 5.41) is 2.76. The fourth-order valence-corrected chi connectivity index (χ4v) is 1.94. The smallest absolute Gasteiger partial charge is 0.234 e. The minimum Gasteiger partial charge on any atom is -0.439 e. The van der Waals surface area contributed by atoms with Crippen LogP contribution in [0.5, 0.6) is 0 Å². The van der Waals surface area contributed by atoms with Gasteiger partial charge in [-0.15, -0.1) is 0 Å². The minimum absolute atomic E-state index is 0.0603. The molecule has 0 atom stereocenters. The first-order valence-electron chi connectivity index (χ1n) is 6.67. The van der Waals surface area contributed by atoms with Crippen LogP contribution in [0.25, 0.3) is 11.1 Å². The van der Waals surface area contributed by atoms with Gasteiger partial charge in [-0.25, -0.2) is 4.98 Å². The number of likely N-dealkylation sites (N-methyl/N-ethyl adjacent to an activating group) is 1. The molecule has 21 heavy (non-hydrogen) atoms. The molecule has 0 radical (unpaired) electrons. The van der Waals surface area contributed by atoms with Gasteiger partial charge >= 0.3 is 0 Å². The highest BCUT2D eigenvalue weighted by atomic mass is 16.5. The molecule has 0 bridgehead atoms. The Labute approximate surface area is 123 Å². The molecule has 0 aliphatic carbocycles. The van der Waals surface area contributed by atoms with Crippen LogP contribution in [0.15, 0.2) is 22.6 Å². The SMILES string of the molecule is COCCNC(=O)CN(C)Cc1nc2cc(N)ccc2o1. The Hall–Kier alpha value is -2.12. The molecule has 7 heteroatoms. The molecule has 0 saturated carbocycles. The third kappa shape index (κ3) is 4.44. The second kappa shape index (κ2) is 7.05. The van der Waals surface area contributed by atoms with Gasteiger partial charge < -0.3 is 20.2 Å². The molecule has 7 nitrogen and oxygen atoms in total. The first-order chi connectivity index (χ1) is 10.1.